The molecule has 1 amide bonds. The molecule has 1 heterocycles. The molecule has 0 aliphatic heterocycles. The minimum atomic E-state index is -0.458. The van der Waals surface area contributed by atoms with E-state index in [0.29, 0.717) is 11.4 Å². The topological polar surface area (TPSA) is 63.4 Å². The Labute approximate surface area is 126 Å². The number of thiophene rings is 1. The summed E-state index contributed by atoms with van der Waals surface area (Å²) in [6.07, 6.45) is 2.01. The highest BCUT2D eigenvalue weighted by molar-refractivity contribution is 7.17. The number of hydrogen-bond acceptors (Lipinski definition) is 4. The molecule has 0 atom stereocenters. The Balaban J connectivity index is 1.80. The zero-order valence-corrected chi connectivity index (χ0v) is 12.1. The Morgan fingerprint density at radius 1 is 1.24 bits per heavy atom. The van der Waals surface area contributed by atoms with Crippen LogP contribution in [-0.4, -0.2) is 21.8 Å². The van der Waals surface area contributed by atoms with Crippen LogP contribution >= 0.6 is 11.3 Å². The Bertz CT molecular complexity index is 665. The number of carbonyl (C=O) groups excluding carboxylic acids is 1. The van der Waals surface area contributed by atoms with Crippen molar-refractivity contribution in [3.63, 3.8) is 0 Å². The molecule has 2 aromatic rings. The average Bonchev–Trinajstić information content (AvgIpc) is 3.20. The van der Waals surface area contributed by atoms with Crippen molar-refractivity contribution in [3.05, 3.63) is 63.0 Å². The number of hydrogen-bond donors (Lipinski definition) is 0. The van der Waals surface area contributed by atoms with Crippen LogP contribution in [0.15, 0.2) is 42.5 Å². The number of rotatable bonds is 5. The maximum atomic E-state index is 12.6. The van der Waals surface area contributed by atoms with Gasteiger partial charge in [0.1, 0.15) is 0 Å². The Morgan fingerprint density at radius 3 is 2.52 bits per heavy atom. The first-order valence-electron chi connectivity index (χ1n) is 6.74. The van der Waals surface area contributed by atoms with E-state index in [1.54, 1.807) is 6.07 Å². The predicted molar refractivity (Wildman–Crippen MR) is 80.3 cm³/mol. The highest BCUT2D eigenvalue weighted by atomic mass is 32.1. The number of benzene rings is 1. The van der Waals surface area contributed by atoms with Crippen molar-refractivity contribution in [2.45, 2.75) is 25.4 Å². The van der Waals surface area contributed by atoms with E-state index in [1.165, 1.54) is 6.07 Å². The monoisotopic (exact) mass is 302 g/mol. The van der Waals surface area contributed by atoms with Gasteiger partial charge < -0.3 is 4.90 Å². The summed E-state index contributed by atoms with van der Waals surface area (Å²) in [4.78, 5) is 25.1. The van der Waals surface area contributed by atoms with Crippen LogP contribution in [0.4, 0.5) is 5.00 Å². The summed E-state index contributed by atoms with van der Waals surface area (Å²) in [6, 6.07) is 13.0. The molecule has 6 heteroatoms. The lowest BCUT2D eigenvalue weighted by atomic mass is 10.2. The molecule has 0 bridgehead atoms. The van der Waals surface area contributed by atoms with Crippen molar-refractivity contribution in [1.82, 2.24) is 4.90 Å². The first-order chi connectivity index (χ1) is 10.1. The van der Waals surface area contributed by atoms with E-state index in [0.717, 1.165) is 29.7 Å². The van der Waals surface area contributed by atoms with Crippen LogP contribution < -0.4 is 0 Å². The summed E-state index contributed by atoms with van der Waals surface area (Å²) in [5, 5.41) is 10.7. The lowest BCUT2D eigenvalue weighted by molar-refractivity contribution is -0.380. The maximum absolute atomic E-state index is 12.6. The molecular formula is C15H14N2O3S. The smallest absolute Gasteiger partial charge is 0.324 e. The van der Waals surface area contributed by atoms with Gasteiger partial charge in [0.2, 0.25) is 0 Å². The fourth-order valence-corrected chi connectivity index (χ4v) is 2.99. The second kappa shape index (κ2) is 5.65. The fourth-order valence-electron chi connectivity index (χ4n) is 2.22. The van der Waals surface area contributed by atoms with Crippen molar-refractivity contribution >= 4 is 22.2 Å². The zero-order chi connectivity index (χ0) is 14.8. The molecule has 1 aliphatic carbocycles. The SMILES string of the molecule is O=C(c1ccc([N+](=O)[O-])s1)N(Cc1ccccc1)C1CC1. The molecule has 0 saturated heterocycles. The van der Waals surface area contributed by atoms with E-state index in [2.05, 4.69) is 0 Å². The maximum Gasteiger partial charge on any atom is 0.324 e. The molecule has 1 aromatic heterocycles. The lowest BCUT2D eigenvalue weighted by Gasteiger charge is -2.21. The van der Waals surface area contributed by atoms with E-state index in [1.807, 2.05) is 35.2 Å². The summed E-state index contributed by atoms with van der Waals surface area (Å²) < 4.78 is 0. The van der Waals surface area contributed by atoms with Gasteiger partial charge in [-0.25, -0.2) is 0 Å². The van der Waals surface area contributed by atoms with Gasteiger partial charge in [0, 0.05) is 18.7 Å². The van der Waals surface area contributed by atoms with E-state index >= 15 is 0 Å². The van der Waals surface area contributed by atoms with Crippen molar-refractivity contribution in [1.29, 1.82) is 0 Å². The molecule has 108 valence electrons. The van der Waals surface area contributed by atoms with E-state index in [-0.39, 0.29) is 17.0 Å². The molecule has 0 spiro atoms. The van der Waals surface area contributed by atoms with Gasteiger partial charge in [-0.2, -0.15) is 0 Å². The molecule has 5 nitrogen and oxygen atoms in total. The highest BCUT2D eigenvalue weighted by Gasteiger charge is 2.34. The van der Waals surface area contributed by atoms with Gasteiger partial charge in [-0.3, -0.25) is 14.9 Å². The van der Waals surface area contributed by atoms with Gasteiger partial charge in [-0.15, -0.1) is 0 Å². The third kappa shape index (κ3) is 3.11. The molecule has 1 saturated carbocycles. The molecule has 3 rings (SSSR count). The number of nitrogens with zero attached hydrogens (tertiary/aromatic N) is 2. The van der Waals surface area contributed by atoms with Crippen molar-refractivity contribution in [3.8, 4) is 0 Å². The summed E-state index contributed by atoms with van der Waals surface area (Å²) >= 11 is 0.943. The van der Waals surface area contributed by atoms with Crippen LogP contribution in [0.2, 0.25) is 0 Å². The number of amides is 1. The first-order valence-corrected chi connectivity index (χ1v) is 7.56. The van der Waals surface area contributed by atoms with Crippen molar-refractivity contribution < 1.29 is 9.72 Å². The van der Waals surface area contributed by atoms with Crippen molar-refractivity contribution in [2.24, 2.45) is 0 Å². The lowest BCUT2D eigenvalue weighted by Crippen LogP contribution is -2.32. The summed E-state index contributed by atoms with van der Waals surface area (Å²) in [5.74, 6) is -0.112. The molecule has 1 fully saturated rings. The number of nitro groups is 1. The van der Waals surface area contributed by atoms with E-state index in [9.17, 15) is 14.9 Å². The number of carbonyl (C=O) groups is 1. The summed E-state index contributed by atoms with van der Waals surface area (Å²) in [6.45, 7) is 0.552. The molecule has 0 unspecified atom stereocenters. The third-order valence-corrected chi connectivity index (χ3v) is 4.45. The molecule has 0 radical (unpaired) electrons. The normalized spacial score (nSPS) is 13.9. The van der Waals surface area contributed by atoms with Gasteiger partial charge in [-0.1, -0.05) is 41.7 Å². The van der Waals surface area contributed by atoms with Crippen molar-refractivity contribution in [2.75, 3.05) is 0 Å². The molecule has 1 aromatic carbocycles. The fraction of sp³-hybridized carbons (Fsp3) is 0.267. The van der Waals surface area contributed by atoms with Crippen LogP contribution in [0.25, 0.3) is 0 Å². The third-order valence-electron chi connectivity index (χ3n) is 3.43. The van der Waals surface area contributed by atoms with Gasteiger partial charge in [0.25, 0.3) is 5.91 Å². The van der Waals surface area contributed by atoms with Gasteiger partial charge in [0.15, 0.2) is 0 Å². The highest BCUT2D eigenvalue weighted by Crippen LogP contribution is 2.32. The first kappa shape index (κ1) is 13.8. The van der Waals surface area contributed by atoms with Crippen LogP contribution in [0, 0.1) is 10.1 Å². The van der Waals surface area contributed by atoms with Crippen LogP contribution in [0.3, 0.4) is 0 Å². The minimum absolute atomic E-state index is 0.00816. The molecule has 21 heavy (non-hydrogen) atoms. The Hall–Kier alpha value is -2.21. The predicted octanol–water partition coefficient (Wildman–Crippen LogP) is 3.46. The molecule has 0 N–H and O–H groups in total. The quantitative estimate of drug-likeness (QED) is 0.627. The summed E-state index contributed by atoms with van der Waals surface area (Å²) in [7, 11) is 0. The zero-order valence-electron chi connectivity index (χ0n) is 11.3. The van der Waals surface area contributed by atoms with E-state index in [4.69, 9.17) is 0 Å². The average molecular weight is 302 g/mol. The standard InChI is InChI=1S/C15H14N2O3S/c18-15(13-8-9-14(21-13)17(19)20)16(12-6-7-12)10-11-4-2-1-3-5-11/h1-5,8-9,12H,6-7,10H2. The minimum Gasteiger partial charge on any atom is -0.331 e. The van der Waals surface area contributed by atoms with Crippen LogP contribution in [0.1, 0.15) is 28.1 Å². The second-order valence-electron chi connectivity index (χ2n) is 5.04. The van der Waals surface area contributed by atoms with Gasteiger partial charge >= 0.3 is 5.00 Å². The van der Waals surface area contributed by atoms with Crippen LogP contribution in [0.5, 0.6) is 0 Å². The molecular weight excluding hydrogens is 288 g/mol. The molecule has 1 aliphatic rings. The Kier molecular flexibility index (Phi) is 3.70. The second-order valence-corrected chi connectivity index (χ2v) is 6.11. The van der Waals surface area contributed by atoms with Crippen LogP contribution in [-0.2, 0) is 6.54 Å². The van der Waals surface area contributed by atoms with Gasteiger partial charge in [0.05, 0.1) is 9.80 Å². The largest absolute Gasteiger partial charge is 0.331 e. The Morgan fingerprint density at radius 2 is 1.95 bits per heavy atom. The van der Waals surface area contributed by atoms with Gasteiger partial charge in [-0.05, 0) is 24.5 Å². The van der Waals surface area contributed by atoms with E-state index < -0.39 is 4.92 Å². The summed E-state index contributed by atoms with van der Waals surface area (Å²) in [5.41, 5.74) is 1.07.